The second-order valence-corrected chi connectivity index (χ2v) is 5.42. The fourth-order valence-corrected chi connectivity index (χ4v) is 2.97. The molecular formula is C7H17N3O2S. The van der Waals surface area contributed by atoms with E-state index >= 15 is 0 Å². The molecule has 0 radical (unpaired) electrons. The minimum atomic E-state index is -3.11. The predicted octanol–water partition coefficient (Wildman–Crippen LogP) is -1.43. The van der Waals surface area contributed by atoms with E-state index in [0.29, 0.717) is 13.1 Å². The number of sulfonamides is 1. The third-order valence-corrected chi connectivity index (χ3v) is 4.04. The topological polar surface area (TPSA) is 75.4 Å². The molecule has 6 heteroatoms. The van der Waals surface area contributed by atoms with E-state index in [2.05, 4.69) is 5.32 Å². The second-order valence-electron chi connectivity index (χ2n) is 3.40. The Labute approximate surface area is 79.3 Å². The van der Waals surface area contributed by atoms with Crippen molar-refractivity contribution in [3.05, 3.63) is 0 Å². The number of nitrogens with one attached hydrogen (secondary N) is 1. The summed E-state index contributed by atoms with van der Waals surface area (Å²) in [4.78, 5) is 0. The van der Waals surface area contributed by atoms with Crippen molar-refractivity contribution in [2.24, 2.45) is 5.73 Å². The van der Waals surface area contributed by atoms with E-state index in [4.69, 9.17) is 5.73 Å². The largest absolute Gasteiger partial charge is 0.327 e. The van der Waals surface area contributed by atoms with Crippen LogP contribution >= 0.6 is 0 Å². The number of nitrogens with two attached hydrogens (primary N) is 1. The fourth-order valence-electron chi connectivity index (χ4n) is 1.36. The molecule has 1 atom stereocenters. The van der Waals surface area contributed by atoms with Crippen LogP contribution in [-0.4, -0.2) is 50.7 Å². The first-order valence-electron chi connectivity index (χ1n) is 4.46. The molecule has 0 spiro atoms. The molecule has 0 aromatic carbocycles. The average Bonchev–Trinajstić information content (AvgIpc) is 2.04. The molecule has 1 fully saturated rings. The van der Waals surface area contributed by atoms with Crippen molar-refractivity contribution >= 4 is 10.0 Å². The summed E-state index contributed by atoms with van der Waals surface area (Å²) in [6.07, 6.45) is 0. The number of hydrogen-bond acceptors (Lipinski definition) is 4. The lowest BCUT2D eigenvalue weighted by atomic mass is 10.4. The van der Waals surface area contributed by atoms with Crippen LogP contribution in [0.2, 0.25) is 0 Å². The van der Waals surface area contributed by atoms with E-state index in [9.17, 15) is 8.42 Å². The number of nitrogens with zero attached hydrogens (tertiary/aromatic N) is 1. The monoisotopic (exact) mass is 207 g/mol. The second kappa shape index (κ2) is 4.36. The first-order valence-corrected chi connectivity index (χ1v) is 6.07. The molecule has 1 saturated heterocycles. The molecule has 1 heterocycles. The van der Waals surface area contributed by atoms with Crippen LogP contribution in [0.15, 0.2) is 0 Å². The standard InChI is InChI=1S/C7H17N3O2S/c1-7(8)6-13(11,12)10-4-2-9-3-5-10/h7,9H,2-6,8H2,1H3. The Morgan fingerprint density at radius 2 is 2.00 bits per heavy atom. The molecule has 0 aromatic rings. The van der Waals surface area contributed by atoms with Gasteiger partial charge in [0.25, 0.3) is 0 Å². The molecule has 0 bridgehead atoms. The van der Waals surface area contributed by atoms with Crippen molar-refractivity contribution in [2.45, 2.75) is 13.0 Å². The summed E-state index contributed by atoms with van der Waals surface area (Å²) in [5.74, 6) is 0.0486. The molecule has 0 amide bonds. The average molecular weight is 207 g/mol. The van der Waals surface area contributed by atoms with Crippen LogP contribution in [0.25, 0.3) is 0 Å². The van der Waals surface area contributed by atoms with Crippen molar-refractivity contribution in [2.75, 3.05) is 31.9 Å². The Morgan fingerprint density at radius 3 is 2.46 bits per heavy atom. The highest BCUT2D eigenvalue weighted by Gasteiger charge is 2.24. The molecule has 1 unspecified atom stereocenters. The molecule has 78 valence electrons. The van der Waals surface area contributed by atoms with Gasteiger partial charge in [0.1, 0.15) is 0 Å². The van der Waals surface area contributed by atoms with Crippen LogP contribution in [0.1, 0.15) is 6.92 Å². The van der Waals surface area contributed by atoms with Crippen LogP contribution < -0.4 is 11.1 Å². The fraction of sp³-hybridized carbons (Fsp3) is 1.00. The summed E-state index contributed by atoms with van der Waals surface area (Å²) < 4.78 is 24.7. The van der Waals surface area contributed by atoms with Gasteiger partial charge in [-0.05, 0) is 6.92 Å². The smallest absolute Gasteiger partial charge is 0.215 e. The van der Waals surface area contributed by atoms with Gasteiger partial charge in [0.05, 0.1) is 5.75 Å². The minimum Gasteiger partial charge on any atom is -0.327 e. The number of rotatable bonds is 3. The minimum absolute atomic E-state index is 0.0486. The third-order valence-electron chi connectivity index (χ3n) is 1.94. The lowest BCUT2D eigenvalue weighted by Crippen LogP contribution is -2.48. The van der Waals surface area contributed by atoms with Gasteiger partial charge in [-0.25, -0.2) is 8.42 Å². The van der Waals surface area contributed by atoms with Crippen molar-refractivity contribution in [3.63, 3.8) is 0 Å². The molecule has 0 aliphatic carbocycles. The van der Waals surface area contributed by atoms with Crippen LogP contribution in [0, 0.1) is 0 Å². The highest BCUT2D eigenvalue weighted by atomic mass is 32.2. The van der Waals surface area contributed by atoms with Crippen LogP contribution in [-0.2, 0) is 10.0 Å². The first kappa shape index (κ1) is 10.9. The SMILES string of the molecule is CC(N)CS(=O)(=O)N1CCNCC1. The maximum Gasteiger partial charge on any atom is 0.215 e. The van der Waals surface area contributed by atoms with Crippen molar-refractivity contribution in [1.29, 1.82) is 0 Å². The van der Waals surface area contributed by atoms with Crippen molar-refractivity contribution in [1.82, 2.24) is 9.62 Å². The molecular weight excluding hydrogens is 190 g/mol. The zero-order valence-electron chi connectivity index (χ0n) is 7.86. The third kappa shape index (κ3) is 3.22. The van der Waals surface area contributed by atoms with Gasteiger partial charge in [0.2, 0.25) is 10.0 Å². The molecule has 1 rings (SSSR count). The zero-order valence-corrected chi connectivity index (χ0v) is 8.68. The van der Waals surface area contributed by atoms with E-state index in [1.807, 2.05) is 0 Å². The van der Waals surface area contributed by atoms with Gasteiger partial charge < -0.3 is 11.1 Å². The van der Waals surface area contributed by atoms with E-state index < -0.39 is 10.0 Å². The molecule has 3 N–H and O–H groups in total. The molecule has 1 aliphatic rings. The maximum atomic E-state index is 11.6. The lowest BCUT2D eigenvalue weighted by molar-refractivity contribution is 0.359. The normalized spacial score (nSPS) is 22.9. The van der Waals surface area contributed by atoms with Gasteiger partial charge in [-0.2, -0.15) is 4.31 Å². The maximum absolute atomic E-state index is 11.6. The predicted molar refractivity (Wildman–Crippen MR) is 51.9 cm³/mol. The van der Waals surface area contributed by atoms with Gasteiger partial charge in [0, 0.05) is 32.2 Å². The summed E-state index contributed by atoms with van der Waals surface area (Å²) >= 11 is 0. The Kier molecular flexibility index (Phi) is 3.66. The molecule has 0 aromatic heterocycles. The van der Waals surface area contributed by atoms with E-state index in [1.165, 1.54) is 4.31 Å². The van der Waals surface area contributed by atoms with Crippen molar-refractivity contribution in [3.8, 4) is 0 Å². The summed E-state index contributed by atoms with van der Waals surface area (Å²) in [5.41, 5.74) is 5.46. The molecule has 5 nitrogen and oxygen atoms in total. The van der Waals surface area contributed by atoms with E-state index in [-0.39, 0.29) is 11.8 Å². The summed E-state index contributed by atoms with van der Waals surface area (Å²) in [7, 11) is -3.11. The molecule has 0 saturated carbocycles. The van der Waals surface area contributed by atoms with Crippen LogP contribution in [0.4, 0.5) is 0 Å². The zero-order chi connectivity index (χ0) is 9.90. The Hall–Kier alpha value is -0.170. The van der Waals surface area contributed by atoms with Crippen LogP contribution in [0.5, 0.6) is 0 Å². The Morgan fingerprint density at radius 1 is 1.46 bits per heavy atom. The van der Waals surface area contributed by atoms with Gasteiger partial charge in [-0.15, -0.1) is 0 Å². The summed E-state index contributed by atoms with van der Waals surface area (Å²) in [5, 5.41) is 3.10. The first-order chi connectivity index (χ1) is 6.02. The van der Waals surface area contributed by atoms with Gasteiger partial charge in [-0.3, -0.25) is 0 Å². The van der Waals surface area contributed by atoms with E-state index in [1.54, 1.807) is 6.92 Å². The number of piperazine rings is 1. The van der Waals surface area contributed by atoms with Gasteiger partial charge >= 0.3 is 0 Å². The quantitative estimate of drug-likeness (QED) is 0.595. The number of hydrogen-bond donors (Lipinski definition) is 2. The van der Waals surface area contributed by atoms with Gasteiger partial charge in [-0.1, -0.05) is 0 Å². The van der Waals surface area contributed by atoms with Crippen LogP contribution in [0.3, 0.4) is 0 Å². The molecule has 13 heavy (non-hydrogen) atoms. The Balaban J connectivity index is 2.57. The van der Waals surface area contributed by atoms with Crippen molar-refractivity contribution < 1.29 is 8.42 Å². The van der Waals surface area contributed by atoms with Gasteiger partial charge in [0.15, 0.2) is 0 Å². The Bertz CT molecular complexity index is 244. The molecule has 1 aliphatic heterocycles. The van der Waals surface area contributed by atoms with E-state index in [0.717, 1.165) is 13.1 Å². The lowest BCUT2D eigenvalue weighted by Gasteiger charge is -2.27. The summed E-state index contributed by atoms with van der Waals surface area (Å²) in [6.45, 7) is 4.31. The highest BCUT2D eigenvalue weighted by Crippen LogP contribution is 2.03. The highest BCUT2D eigenvalue weighted by molar-refractivity contribution is 7.89. The summed E-state index contributed by atoms with van der Waals surface area (Å²) in [6, 6.07) is -0.292.